The third-order valence-corrected chi connectivity index (χ3v) is 4.47. The molecule has 1 amide bonds. The maximum Gasteiger partial charge on any atom is 0.219 e. The largest absolute Gasteiger partial charge is 0.350 e. The quantitative estimate of drug-likeness (QED) is 0.512. The Labute approximate surface area is 177 Å². The van der Waals surface area contributed by atoms with Crippen molar-refractivity contribution in [1.29, 1.82) is 0 Å². The molecule has 1 aliphatic rings. The van der Waals surface area contributed by atoms with Crippen LogP contribution in [0.2, 0.25) is 0 Å². The summed E-state index contributed by atoms with van der Waals surface area (Å²) in [5.74, 6) is -0.189. The molecule has 1 saturated heterocycles. The summed E-state index contributed by atoms with van der Waals surface area (Å²) in [5.41, 5.74) is 4.13. The number of amides is 1. The number of hydrogen-bond donors (Lipinski definition) is 1. The summed E-state index contributed by atoms with van der Waals surface area (Å²) in [6, 6.07) is 8.22. The molecular formula is C20H29NO3Y-2. The minimum atomic E-state index is -0.762. The SMILES string of the molecule is [CH2-]CCCC([CH2-])(Cc1ccc(C)cc1)C(=O)NOC1CCCCO1.[Y]. The van der Waals surface area contributed by atoms with Crippen molar-refractivity contribution in [1.82, 2.24) is 5.48 Å². The number of carbonyl (C=O) groups excluding carboxylic acids is 1. The fraction of sp³-hybridized carbons (Fsp3) is 0.550. The third-order valence-electron chi connectivity index (χ3n) is 4.47. The maximum atomic E-state index is 12.7. The number of rotatable bonds is 8. The molecule has 0 bridgehead atoms. The molecule has 0 saturated carbocycles. The monoisotopic (exact) mass is 420 g/mol. The van der Waals surface area contributed by atoms with E-state index in [9.17, 15) is 4.79 Å². The third kappa shape index (κ3) is 7.46. The molecule has 2 unspecified atom stereocenters. The fourth-order valence-electron chi connectivity index (χ4n) is 2.87. The van der Waals surface area contributed by atoms with Crippen LogP contribution in [0.1, 0.15) is 49.7 Å². The first-order valence-electron chi connectivity index (χ1n) is 8.81. The van der Waals surface area contributed by atoms with Crippen LogP contribution >= 0.6 is 0 Å². The first-order chi connectivity index (χ1) is 11.5. The Bertz CT molecular complexity index is 514. The average Bonchev–Trinajstić information content (AvgIpc) is 2.61. The molecule has 1 aliphatic heterocycles. The fourth-order valence-corrected chi connectivity index (χ4v) is 2.87. The zero-order valence-corrected chi connectivity index (χ0v) is 18.1. The summed E-state index contributed by atoms with van der Waals surface area (Å²) in [7, 11) is 0. The molecule has 1 aromatic carbocycles. The van der Waals surface area contributed by atoms with Gasteiger partial charge in [0, 0.05) is 45.7 Å². The van der Waals surface area contributed by atoms with Crippen LogP contribution in [-0.4, -0.2) is 18.8 Å². The molecule has 1 fully saturated rings. The van der Waals surface area contributed by atoms with E-state index in [2.05, 4.69) is 50.5 Å². The molecule has 25 heavy (non-hydrogen) atoms. The smallest absolute Gasteiger partial charge is 0.219 e. The van der Waals surface area contributed by atoms with Crippen LogP contribution in [0.5, 0.6) is 0 Å². The van der Waals surface area contributed by atoms with E-state index < -0.39 is 5.41 Å². The van der Waals surface area contributed by atoms with Gasteiger partial charge in [-0.05, 0) is 31.7 Å². The van der Waals surface area contributed by atoms with Crippen LogP contribution in [-0.2, 0) is 53.5 Å². The van der Waals surface area contributed by atoms with E-state index in [1.165, 1.54) is 5.56 Å². The Hall–Kier alpha value is -0.286. The topological polar surface area (TPSA) is 47.6 Å². The predicted molar refractivity (Wildman–Crippen MR) is 94.7 cm³/mol. The first-order valence-corrected chi connectivity index (χ1v) is 8.81. The van der Waals surface area contributed by atoms with Gasteiger partial charge < -0.3 is 18.6 Å². The van der Waals surface area contributed by atoms with Crippen LogP contribution in [0, 0.1) is 26.2 Å². The molecule has 5 heteroatoms. The first kappa shape index (κ1) is 22.8. The Morgan fingerprint density at radius 2 is 2.08 bits per heavy atom. The molecule has 0 aliphatic carbocycles. The standard InChI is InChI=1S/C20H29NO3.Y/c1-4-5-13-20(3,15-17-11-9-16(2)10-12-17)19(22)21-24-18-8-6-7-14-23-18;/h9-12,18H,1,3-8,13-15H2,2H3,(H,21,22);/q-2;. The van der Waals surface area contributed by atoms with Gasteiger partial charge in [0.1, 0.15) is 0 Å². The molecule has 1 aromatic rings. The molecule has 0 aromatic heterocycles. The molecule has 1 N–H and O–H groups in total. The van der Waals surface area contributed by atoms with Crippen molar-refractivity contribution in [3.8, 4) is 0 Å². The van der Waals surface area contributed by atoms with Crippen molar-refractivity contribution in [2.45, 2.75) is 58.2 Å². The number of hydrogen-bond acceptors (Lipinski definition) is 3. The molecule has 2 atom stereocenters. The van der Waals surface area contributed by atoms with Gasteiger partial charge >= 0.3 is 0 Å². The molecule has 1 heterocycles. The summed E-state index contributed by atoms with van der Waals surface area (Å²) < 4.78 is 5.49. The number of hydroxylamine groups is 1. The number of carbonyl (C=O) groups is 1. The minimum Gasteiger partial charge on any atom is -0.350 e. The van der Waals surface area contributed by atoms with Gasteiger partial charge in [-0.25, -0.2) is 10.3 Å². The van der Waals surface area contributed by atoms with Gasteiger partial charge in [0.15, 0.2) is 6.29 Å². The Morgan fingerprint density at radius 1 is 1.36 bits per heavy atom. The minimum absolute atomic E-state index is 0. The van der Waals surface area contributed by atoms with Crippen LogP contribution in [0.3, 0.4) is 0 Å². The summed E-state index contributed by atoms with van der Waals surface area (Å²) >= 11 is 0. The average molecular weight is 420 g/mol. The van der Waals surface area contributed by atoms with Crippen LogP contribution < -0.4 is 5.48 Å². The molecule has 2 rings (SSSR count). The molecule has 1 radical (unpaired) electrons. The summed E-state index contributed by atoms with van der Waals surface area (Å²) in [6.07, 6.45) is 5.44. The van der Waals surface area contributed by atoms with Crippen LogP contribution in [0.4, 0.5) is 0 Å². The van der Waals surface area contributed by atoms with Crippen molar-refractivity contribution >= 4 is 5.91 Å². The van der Waals surface area contributed by atoms with Gasteiger partial charge in [-0.2, -0.15) is 6.42 Å². The van der Waals surface area contributed by atoms with Gasteiger partial charge in [0.05, 0.1) is 0 Å². The van der Waals surface area contributed by atoms with Crippen molar-refractivity contribution in [2.24, 2.45) is 5.41 Å². The van der Waals surface area contributed by atoms with E-state index in [4.69, 9.17) is 9.57 Å². The van der Waals surface area contributed by atoms with Crippen molar-refractivity contribution < 1.29 is 47.1 Å². The zero-order chi connectivity index (χ0) is 17.4. The Morgan fingerprint density at radius 3 is 2.68 bits per heavy atom. The number of aryl methyl sites for hydroxylation is 1. The molecule has 4 nitrogen and oxygen atoms in total. The molecular weight excluding hydrogens is 391 g/mol. The van der Waals surface area contributed by atoms with Crippen LogP contribution in [0.15, 0.2) is 24.3 Å². The number of benzene rings is 1. The summed E-state index contributed by atoms with van der Waals surface area (Å²) in [4.78, 5) is 18.2. The maximum absolute atomic E-state index is 12.7. The predicted octanol–water partition coefficient (Wildman–Crippen LogP) is 3.93. The van der Waals surface area contributed by atoms with E-state index >= 15 is 0 Å². The summed E-state index contributed by atoms with van der Waals surface area (Å²) in [5, 5.41) is 0. The second kappa shape index (κ2) is 11.4. The van der Waals surface area contributed by atoms with Gasteiger partial charge in [-0.3, -0.25) is 4.79 Å². The van der Waals surface area contributed by atoms with Crippen molar-refractivity contribution in [3.05, 3.63) is 49.2 Å². The second-order valence-electron chi connectivity index (χ2n) is 6.74. The molecule has 0 spiro atoms. The van der Waals surface area contributed by atoms with Crippen LogP contribution in [0.25, 0.3) is 0 Å². The van der Waals surface area contributed by atoms with E-state index in [1.54, 1.807) is 0 Å². The zero-order valence-electron chi connectivity index (χ0n) is 15.3. The second-order valence-corrected chi connectivity index (χ2v) is 6.74. The van der Waals surface area contributed by atoms with Gasteiger partial charge in [-0.15, -0.1) is 0 Å². The van der Waals surface area contributed by atoms with Gasteiger partial charge in [0.25, 0.3) is 0 Å². The number of unbranched alkanes of at least 4 members (excludes halogenated alkanes) is 1. The van der Waals surface area contributed by atoms with E-state index in [-0.39, 0.29) is 44.9 Å². The van der Waals surface area contributed by atoms with E-state index in [0.717, 1.165) is 37.7 Å². The summed E-state index contributed by atoms with van der Waals surface area (Å²) in [6.45, 7) is 10.8. The normalized spacial score (nSPS) is 19.6. The van der Waals surface area contributed by atoms with E-state index in [1.807, 2.05) is 0 Å². The van der Waals surface area contributed by atoms with Gasteiger partial charge in [-0.1, -0.05) is 48.1 Å². The van der Waals surface area contributed by atoms with E-state index in [0.29, 0.717) is 19.4 Å². The van der Waals surface area contributed by atoms with Crippen molar-refractivity contribution in [2.75, 3.05) is 6.61 Å². The number of nitrogens with one attached hydrogen (secondary N) is 1. The molecule has 137 valence electrons. The number of ether oxygens (including phenoxy) is 1. The van der Waals surface area contributed by atoms with Crippen molar-refractivity contribution in [3.63, 3.8) is 0 Å². The van der Waals surface area contributed by atoms with Gasteiger partial charge in [0.2, 0.25) is 5.91 Å². The Kier molecular flexibility index (Phi) is 10.4. The Balaban J connectivity index is 0.00000312.